The molecule has 0 aliphatic heterocycles. The van der Waals surface area contributed by atoms with Gasteiger partial charge in [-0.2, -0.15) is 0 Å². The summed E-state index contributed by atoms with van der Waals surface area (Å²) in [5.41, 5.74) is 1.73. The molecule has 0 saturated heterocycles. The number of ether oxygens (including phenoxy) is 1. The van der Waals surface area contributed by atoms with Crippen molar-refractivity contribution in [2.75, 3.05) is 5.32 Å². The standard InChI is InChI=1S/C21H23NO4/c23-20(16-5-4-6-17(13-16)21(24)25)22-18-11-9-15(10-12-18)14-26-19-7-2-1-3-8-19/h1-3,7-12,16-17H,4-6,13-14H2,(H,22,23)(H,24,25). The van der Waals surface area contributed by atoms with Crippen molar-refractivity contribution < 1.29 is 19.4 Å². The summed E-state index contributed by atoms with van der Waals surface area (Å²) in [5, 5.41) is 12.0. The SMILES string of the molecule is O=C(O)C1CCCC(C(=O)Nc2ccc(COc3ccccc3)cc2)C1. The number of hydrogen-bond donors (Lipinski definition) is 2. The summed E-state index contributed by atoms with van der Waals surface area (Å²) in [4.78, 5) is 23.5. The van der Waals surface area contributed by atoms with Gasteiger partial charge in [0.2, 0.25) is 5.91 Å². The first-order chi connectivity index (χ1) is 12.6. The monoisotopic (exact) mass is 353 g/mol. The number of hydrogen-bond acceptors (Lipinski definition) is 3. The second-order valence-corrected chi connectivity index (χ2v) is 6.69. The summed E-state index contributed by atoms with van der Waals surface area (Å²) in [6.07, 6.45) is 2.61. The van der Waals surface area contributed by atoms with Crippen molar-refractivity contribution >= 4 is 17.6 Å². The zero-order valence-electron chi connectivity index (χ0n) is 14.6. The number of para-hydroxylation sites is 1. The van der Waals surface area contributed by atoms with E-state index in [0.717, 1.165) is 29.8 Å². The van der Waals surface area contributed by atoms with Crippen LogP contribution >= 0.6 is 0 Å². The van der Waals surface area contributed by atoms with Gasteiger partial charge in [0.1, 0.15) is 12.4 Å². The summed E-state index contributed by atoms with van der Waals surface area (Å²) in [6, 6.07) is 17.1. The van der Waals surface area contributed by atoms with Gasteiger partial charge in [-0.25, -0.2) is 0 Å². The zero-order valence-corrected chi connectivity index (χ0v) is 14.6. The fourth-order valence-corrected chi connectivity index (χ4v) is 3.26. The number of nitrogens with one attached hydrogen (secondary N) is 1. The van der Waals surface area contributed by atoms with Gasteiger partial charge in [-0.3, -0.25) is 9.59 Å². The van der Waals surface area contributed by atoms with Gasteiger partial charge in [0, 0.05) is 11.6 Å². The average molecular weight is 353 g/mol. The fraction of sp³-hybridized carbons (Fsp3) is 0.333. The highest BCUT2D eigenvalue weighted by Gasteiger charge is 2.30. The van der Waals surface area contributed by atoms with E-state index in [2.05, 4.69) is 5.32 Å². The van der Waals surface area contributed by atoms with Crippen LogP contribution in [0.3, 0.4) is 0 Å². The maximum absolute atomic E-state index is 12.4. The van der Waals surface area contributed by atoms with Crippen molar-refractivity contribution in [3.63, 3.8) is 0 Å². The number of carbonyl (C=O) groups excluding carboxylic acids is 1. The number of aliphatic carboxylic acids is 1. The van der Waals surface area contributed by atoms with Crippen molar-refractivity contribution in [3.05, 3.63) is 60.2 Å². The second-order valence-electron chi connectivity index (χ2n) is 6.69. The Hall–Kier alpha value is -2.82. The van der Waals surface area contributed by atoms with Gasteiger partial charge in [-0.1, -0.05) is 36.8 Å². The van der Waals surface area contributed by atoms with Crippen molar-refractivity contribution in [2.45, 2.75) is 32.3 Å². The van der Waals surface area contributed by atoms with Crippen LogP contribution in [0.15, 0.2) is 54.6 Å². The molecule has 5 nitrogen and oxygen atoms in total. The molecule has 2 aromatic carbocycles. The maximum atomic E-state index is 12.4. The number of carboxylic acids is 1. The van der Waals surface area contributed by atoms with Crippen molar-refractivity contribution in [1.29, 1.82) is 0 Å². The minimum atomic E-state index is -0.801. The van der Waals surface area contributed by atoms with E-state index >= 15 is 0 Å². The van der Waals surface area contributed by atoms with Gasteiger partial charge in [0.25, 0.3) is 0 Å². The highest BCUT2D eigenvalue weighted by atomic mass is 16.5. The van der Waals surface area contributed by atoms with Gasteiger partial charge < -0.3 is 15.2 Å². The normalized spacial score (nSPS) is 19.5. The van der Waals surface area contributed by atoms with E-state index in [1.165, 1.54) is 0 Å². The summed E-state index contributed by atoms with van der Waals surface area (Å²) in [7, 11) is 0. The van der Waals surface area contributed by atoms with E-state index in [1.807, 2.05) is 54.6 Å². The lowest BCUT2D eigenvalue weighted by molar-refractivity contribution is -0.143. The minimum Gasteiger partial charge on any atom is -0.489 e. The first-order valence-electron chi connectivity index (χ1n) is 8.92. The molecule has 0 spiro atoms. The molecule has 1 aliphatic carbocycles. The Bertz CT molecular complexity index is 742. The Labute approximate surface area is 153 Å². The summed E-state index contributed by atoms with van der Waals surface area (Å²) >= 11 is 0. The predicted octanol–water partition coefficient (Wildman–Crippen LogP) is 4.10. The van der Waals surface area contributed by atoms with Crippen LogP contribution in [0.1, 0.15) is 31.2 Å². The molecule has 26 heavy (non-hydrogen) atoms. The summed E-state index contributed by atoms with van der Waals surface area (Å²) in [5.74, 6) is -0.715. The van der Waals surface area contributed by atoms with Gasteiger partial charge in [-0.15, -0.1) is 0 Å². The molecule has 0 radical (unpaired) electrons. The quantitative estimate of drug-likeness (QED) is 0.820. The lowest BCUT2D eigenvalue weighted by Gasteiger charge is -2.25. The molecule has 2 atom stereocenters. The predicted molar refractivity (Wildman–Crippen MR) is 98.9 cm³/mol. The smallest absolute Gasteiger partial charge is 0.306 e. The topological polar surface area (TPSA) is 75.6 Å². The maximum Gasteiger partial charge on any atom is 0.306 e. The Morgan fingerprint density at radius 3 is 2.38 bits per heavy atom. The molecule has 0 heterocycles. The van der Waals surface area contributed by atoms with Gasteiger partial charge in [0.15, 0.2) is 0 Å². The molecule has 2 aromatic rings. The number of rotatable bonds is 6. The molecule has 1 aliphatic rings. The Morgan fingerprint density at radius 1 is 1.00 bits per heavy atom. The summed E-state index contributed by atoms with van der Waals surface area (Å²) < 4.78 is 5.70. The van der Waals surface area contributed by atoms with E-state index < -0.39 is 11.9 Å². The third-order valence-corrected chi connectivity index (χ3v) is 4.76. The Balaban J connectivity index is 1.52. The Morgan fingerprint density at radius 2 is 1.69 bits per heavy atom. The van der Waals surface area contributed by atoms with Crippen LogP contribution in [0.25, 0.3) is 0 Å². The number of benzene rings is 2. The number of anilines is 1. The molecular formula is C21H23NO4. The van der Waals surface area contributed by atoms with E-state index in [4.69, 9.17) is 9.84 Å². The van der Waals surface area contributed by atoms with Gasteiger partial charge >= 0.3 is 5.97 Å². The zero-order chi connectivity index (χ0) is 18.4. The van der Waals surface area contributed by atoms with Crippen LogP contribution in [-0.4, -0.2) is 17.0 Å². The third kappa shape index (κ3) is 4.85. The number of carboxylic acid groups (broad SMARTS) is 1. The number of carbonyl (C=O) groups is 2. The molecule has 1 saturated carbocycles. The van der Waals surface area contributed by atoms with E-state index in [9.17, 15) is 9.59 Å². The van der Waals surface area contributed by atoms with Crippen molar-refractivity contribution in [1.82, 2.24) is 0 Å². The lowest BCUT2D eigenvalue weighted by atomic mass is 9.81. The molecule has 1 fully saturated rings. The molecular weight excluding hydrogens is 330 g/mol. The van der Waals surface area contributed by atoms with Crippen LogP contribution < -0.4 is 10.1 Å². The van der Waals surface area contributed by atoms with Crippen LogP contribution in [-0.2, 0) is 16.2 Å². The van der Waals surface area contributed by atoms with E-state index in [0.29, 0.717) is 19.4 Å². The average Bonchev–Trinajstić information content (AvgIpc) is 2.68. The summed E-state index contributed by atoms with van der Waals surface area (Å²) in [6.45, 7) is 0.459. The van der Waals surface area contributed by atoms with E-state index in [-0.39, 0.29) is 11.8 Å². The molecule has 0 bridgehead atoms. The molecule has 136 valence electrons. The highest BCUT2D eigenvalue weighted by Crippen LogP contribution is 2.30. The molecule has 2 unspecified atom stereocenters. The second kappa shape index (κ2) is 8.52. The number of amides is 1. The largest absolute Gasteiger partial charge is 0.489 e. The fourth-order valence-electron chi connectivity index (χ4n) is 3.26. The molecule has 2 N–H and O–H groups in total. The first-order valence-corrected chi connectivity index (χ1v) is 8.92. The lowest BCUT2D eigenvalue weighted by Crippen LogP contribution is -2.30. The van der Waals surface area contributed by atoms with E-state index in [1.54, 1.807) is 0 Å². The highest BCUT2D eigenvalue weighted by molar-refractivity contribution is 5.93. The molecule has 1 amide bonds. The van der Waals surface area contributed by atoms with Crippen LogP contribution in [0.2, 0.25) is 0 Å². The van der Waals surface area contributed by atoms with Crippen molar-refractivity contribution in [3.8, 4) is 5.75 Å². The molecule has 0 aromatic heterocycles. The van der Waals surface area contributed by atoms with Gasteiger partial charge in [0.05, 0.1) is 5.92 Å². The third-order valence-electron chi connectivity index (χ3n) is 4.76. The van der Waals surface area contributed by atoms with Crippen molar-refractivity contribution in [2.24, 2.45) is 11.8 Å². The minimum absolute atomic E-state index is 0.0933. The van der Waals surface area contributed by atoms with Crippen LogP contribution in [0.5, 0.6) is 5.75 Å². The van der Waals surface area contributed by atoms with Crippen LogP contribution in [0.4, 0.5) is 5.69 Å². The van der Waals surface area contributed by atoms with Crippen LogP contribution in [0, 0.1) is 11.8 Å². The first kappa shape index (κ1) is 18.0. The Kier molecular flexibility index (Phi) is 5.89. The molecule has 3 rings (SSSR count). The van der Waals surface area contributed by atoms with Gasteiger partial charge in [-0.05, 0) is 49.1 Å². The molecule has 5 heteroatoms.